The van der Waals surface area contributed by atoms with Crippen molar-refractivity contribution in [3.8, 4) is 0 Å². The fourth-order valence-corrected chi connectivity index (χ4v) is 0.704. The molecule has 12 heavy (non-hydrogen) atoms. The topological polar surface area (TPSA) is 59.2 Å². The number of nitrogens with zero attached hydrogens (tertiary/aromatic N) is 2. The van der Waals surface area contributed by atoms with Crippen molar-refractivity contribution >= 4 is 11.7 Å². The van der Waals surface area contributed by atoms with Gasteiger partial charge in [0.1, 0.15) is 0 Å². The number of hydrogen-bond acceptors (Lipinski definition) is 3. The Morgan fingerprint density at radius 3 is 2.92 bits per heavy atom. The summed E-state index contributed by atoms with van der Waals surface area (Å²) in [7, 11) is 0. The molecule has 4 nitrogen and oxygen atoms in total. The number of anilines is 1. The fourth-order valence-electron chi connectivity index (χ4n) is 0.704. The largest absolute Gasteiger partial charge is 0.273 e. The average Bonchev–Trinajstić information content (AvgIpc) is 2.04. The molecular formula is C7H8FN3O. The van der Waals surface area contributed by atoms with Crippen LogP contribution in [0.15, 0.2) is 18.3 Å². The first-order valence-electron chi connectivity index (χ1n) is 3.29. The summed E-state index contributed by atoms with van der Waals surface area (Å²) in [5.41, 5.74) is 0. The molecular weight excluding hydrogens is 161 g/mol. The summed E-state index contributed by atoms with van der Waals surface area (Å²) >= 11 is 0. The molecule has 1 aromatic rings. The summed E-state index contributed by atoms with van der Waals surface area (Å²) in [4.78, 5) is 14.3. The van der Waals surface area contributed by atoms with Crippen molar-refractivity contribution < 1.29 is 9.18 Å². The average molecular weight is 169 g/mol. The van der Waals surface area contributed by atoms with Crippen LogP contribution >= 0.6 is 0 Å². The first-order valence-corrected chi connectivity index (χ1v) is 3.29. The number of amides is 1. The van der Waals surface area contributed by atoms with Crippen LogP contribution in [-0.2, 0) is 4.79 Å². The molecule has 0 aliphatic heterocycles. The monoisotopic (exact) mass is 169 g/mol. The van der Waals surface area contributed by atoms with Crippen LogP contribution in [-0.4, -0.2) is 10.9 Å². The first-order chi connectivity index (χ1) is 5.63. The molecule has 0 aliphatic rings. The molecule has 0 fully saturated rings. The van der Waals surface area contributed by atoms with Crippen LogP contribution in [0.1, 0.15) is 6.92 Å². The molecule has 0 saturated carbocycles. The molecule has 2 N–H and O–H groups in total. The number of hydrogen-bond donors (Lipinski definition) is 1. The van der Waals surface area contributed by atoms with E-state index in [1.165, 1.54) is 25.3 Å². The molecule has 1 heterocycles. The summed E-state index contributed by atoms with van der Waals surface area (Å²) in [5, 5.41) is 0.662. The molecule has 0 bridgehead atoms. The van der Waals surface area contributed by atoms with Gasteiger partial charge < -0.3 is 0 Å². The predicted molar refractivity (Wildman–Crippen MR) is 41.5 cm³/mol. The van der Waals surface area contributed by atoms with Crippen molar-refractivity contribution in [2.75, 3.05) is 5.01 Å². The molecule has 1 aromatic heterocycles. The second-order valence-corrected chi connectivity index (χ2v) is 2.20. The van der Waals surface area contributed by atoms with Gasteiger partial charge in [0.2, 0.25) is 5.91 Å². The van der Waals surface area contributed by atoms with Crippen molar-refractivity contribution in [2.45, 2.75) is 6.92 Å². The molecule has 0 aliphatic carbocycles. The van der Waals surface area contributed by atoms with E-state index in [1.54, 1.807) is 0 Å². The van der Waals surface area contributed by atoms with E-state index < -0.39 is 11.7 Å². The molecule has 0 spiro atoms. The van der Waals surface area contributed by atoms with Crippen LogP contribution < -0.4 is 10.9 Å². The summed E-state index contributed by atoms with van der Waals surface area (Å²) < 4.78 is 12.9. The Morgan fingerprint density at radius 1 is 1.75 bits per heavy atom. The minimum atomic E-state index is -0.616. The highest BCUT2D eigenvalue weighted by Crippen LogP contribution is 2.11. The van der Waals surface area contributed by atoms with E-state index in [0.717, 1.165) is 0 Å². The van der Waals surface area contributed by atoms with Gasteiger partial charge in [-0.25, -0.2) is 20.2 Å². The number of halogens is 1. The smallest absolute Gasteiger partial charge is 0.239 e. The summed E-state index contributed by atoms with van der Waals surface area (Å²) in [6.45, 7) is 1.23. The highest BCUT2D eigenvalue weighted by atomic mass is 19.1. The zero-order valence-corrected chi connectivity index (χ0v) is 6.49. The van der Waals surface area contributed by atoms with Crippen molar-refractivity contribution in [3.63, 3.8) is 0 Å². The Kier molecular flexibility index (Phi) is 2.35. The standard InChI is InChI=1S/C7H8FN3O/c1-5(12)11(9)7-6(8)3-2-4-10-7/h2-4H,9H2,1H3. The van der Waals surface area contributed by atoms with Gasteiger partial charge in [-0.3, -0.25) is 4.79 Å². The number of pyridine rings is 1. The number of carbonyl (C=O) groups is 1. The van der Waals surface area contributed by atoms with Crippen LogP contribution in [0.2, 0.25) is 0 Å². The Labute approximate surface area is 68.8 Å². The third kappa shape index (κ3) is 1.57. The molecule has 5 heteroatoms. The van der Waals surface area contributed by atoms with Gasteiger partial charge in [-0.2, -0.15) is 0 Å². The van der Waals surface area contributed by atoms with E-state index in [2.05, 4.69) is 4.98 Å². The van der Waals surface area contributed by atoms with Gasteiger partial charge in [-0.1, -0.05) is 0 Å². The summed E-state index contributed by atoms with van der Waals surface area (Å²) in [6, 6.07) is 2.61. The van der Waals surface area contributed by atoms with Gasteiger partial charge in [0.25, 0.3) is 0 Å². The van der Waals surface area contributed by atoms with Crippen LogP contribution in [0.4, 0.5) is 10.2 Å². The van der Waals surface area contributed by atoms with Crippen LogP contribution in [0, 0.1) is 5.82 Å². The van der Waals surface area contributed by atoms with Crippen LogP contribution in [0.3, 0.4) is 0 Å². The van der Waals surface area contributed by atoms with Gasteiger partial charge in [0, 0.05) is 13.1 Å². The van der Waals surface area contributed by atoms with Crippen LogP contribution in [0.25, 0.3) is 0 Å². The third-order valence-corrected chi connectivity index (χ3v) is 1.31. The molecule has 1 rings (SSSR count). The van der Waals surface area contributed by atoms with Crippen molar-refractivity contribution in [1.82, 2.24) is 4.98 Å². The number of hydrazine groups is 1. The Hall–Kier alpha value is -1.49. The normalized spacial score (nSPS) is 9.58. The van der Waals surface area contributed by atoms with E-state index >= 15 is 0 Å². The maximum Gasteiger partial charge on any atom is 0.239 e. The summed E-state index contributed by atoms with van der Waals surface area (Å²) in [6.07, 6.45) is 1.36. The Morgan fingerprint density at radius 2 is 2.42 bits per heavy atom. The minimum Gasteiger partial charge on any atom is -0.273 e. The zero-order valence-electron chi connectivity index (χ0n) is 6.49. The van der Waals surface area contributed by atoms with E-state index in [0.29, 0.717) is 5.01 Å². The van der Waals surface area contributed by atoms with E-state index in [1.807, 2.05) is 0 Å². The quantitative estimate of drug-likeness (QED) is 0.377. The van der Waals surface area contributed by atoms with Gasteiger partial charge in [-0.05, 0) is 12.1 Å². The first kappa shape index (κ1) is 8.61. The third-order valence-electron chi connectivity index (χ3n) is 1.31. The lowest BCUT2D eigenvalue weighted by molar-refractivity contribution is -0.116. The second-order valence-electron chi connectivity index (χ2n) is 2.20. The molecule has 0 aromatic carbocycles. The van der Waals surface area contributed by atoms with Gasteiger partial charge in [-0.15, -0.1) is 0 Å². The number of rotatable bonds is 1. The molecule has 64 valence electrons. The number of carbonyl (C=O) groups excluding carboxylic acids is 1. The highest BCUT2D eigenvalue weighted by molar-refractivity contribution is 5.89. The lowest BCUT2D eigenvalue weighted by Crippen LogP contribution is -2.36. The molecule has 0 unspecified atom stereocenters. The second kappa shape index (κ2) is 3.27. The Bertz CT molecular complexity index is 302. The zero-order chi connectivity index (χ0) is 9.14. The molecule has 0 atom stereocenters. The minimum absolute atomic E-state index is 0.162. The highest BCUT2D eigenvalue weighted by Gasteiger charge is 2.11. The van der Waals surface area contributed by atoms with Crippen molar-refractivity contribution in [1.29, 1.82) is 0 Å². The van der Waals surface area contributed by atoms with Gasteiger partial charge in [0.05, 0.1) is 0 Å². The SMILES string of the molecule is CC(=O)N(N)c1ncccc1F. The maximum absolute atomic E-state index is 12.9. The van der Waals surface area contributed by atoms with E-state index in [9.17, 15) is 9.18 Å². The lowest BCUT2D eigenvalue weighted by atomic mass is 10.4. The Balaban J connectivity index is 3.02. The number of nitrogens with two attached hydrogens (primary N) is 1. The summed E-state index contributed by atoms with van der Waals surface area (Å²) in [5.74, 6) is 3.98. The maximum atomic E-state index is 12.9. The van der Waals surface area contributed by atoms with Crippen molar-refractivity contribution in [3.05, 3.63) is 24.1 Å². The van der Waals surface area contributed by atoms with E-state index in [4.69, 9.17) is 5.84 Å². The molecule has 0 radical (unpaired) electrons. The van der Waals surface area contributed by atoms with Crippen LogP contribution in [0.5, 0.6) is 0 Å². The van der Waals surface area contributed by atoms with Gasteiger partial charge >= 0.3 is 0 Å². The predicted octanol–water partition coefficient (Wildman–Crippen LogP) is 0.447. The number of aromatic nitrogens is 1. The van der Waals surface area contributed by atoms with E-state index in [-0.39, 0.29) is 5.82 Å². The molecule has 1 amide bonds. The van der Waals surface area contributed by atoms with Crippen molar-refractivity contribution in [2.24, 2.45) is 5.84 Å². The lowest BCUT2D eigenvalue weighted by Gasteiger charge is -2.12. The molecule has 0 saturated heterocycles. The van der Waals surface area contributed by atoms with Gasteiger partial charge in [0.15, 0.2) is 11.6 Å². The fraction of sp³-hybridized carbons (Fsp3) is 0.143.